The highest BCUT2D eigenvalue weighted by Gasteiger charge is 2.01. The van der Waals surface area contributed by atoms with Crippen LogP contribution in [0.5, 0.6) is 0 Å². The molecule has 0 aliphatic rings. The van der Waals surface area contributed by atoms with Crippen molar-refractivity contribution in [3.8, 4) is 6.07 Å². The first-order valence-electron chi connectivity index (χ1n) is 5.93. The van der Waals surface area contributed by atoms with Crippen LogP contribution in [0.4, 0.5) is 5.69 Å². The quantitative estimate of drug-likeness (QED) is 0.678. The molecule has 2 aromatic rings. The van der Waals surface area contributed by atoms with E-state index < -0.39 is 0 Å². The van der Waals surface area contributed by atoms with Crippen molar-refractivity contribution in [2.24, 2.45) is 0 Å². The van der Waals surface area contributed by atoms with E-state index in [1.807, 2.05) is 18.2 Å². The van der Waals surface area contributed by atoms with Crippen molar-refractivity contribution >= 4 is 27.4 Å². The Balaban J connectivity index is 2.05. The number of carbonyl (C=O) groups is 1. The molecule has 0 aliphatic heterocycles. The highest BCUT2D eigenvalue weighted by atomic mass is 79.9. The summed E-state index contributed by atoms with van der Waals surface area (Å²) in [7, 11) is 0. The topological polar surface area (TPSA) is 52.9 Å². The van der Waals surface area contributed by atoms with E-state index in [4.69, 9.17) is 5.26 Å². The van der Waals surface area contributed by atoms with Gasteiger partial charge in [0.2, 0.25) is 0 Å². The summed E-state index contributed by atoms with van der Waals surface area (Å²) in [6.07, 6.45) is 2.98. The van der Waals surface area contributed by atoms with E-state index in [2.05, 4.69) is 27.3 Å². The fourth-order valence-corrected chi connectivity index (χ4v) is 1.89. The Morgan fingerprint density at radius 3 is 2.55 bits per heavy atom. The summed E-state index contributed by atoms with van der Waals surface area (Å²) in [6.45, 7) is 0. The highest BCUT2D eigenvalue weighted by molar-refractivity contribution is 9.10. The van der Waals surface area contributed by atoms with Crippen molar-refractivity contribution in [1.29, 1.82) is 5.26 Å². The average molecular weight is 327 g/mol. The monoisotopic (exact) mass is 326 g/mol. The summed E-state index contributed by atoms with van der Waals surface area (Å²) in [5.74, 6) is -0.0977. The van der Waals surface area contributed by atoms with Gasteiger partial charge < -0.3 is 5.32 Å². The predicted octanol–water partition coefficient (Wildman–Crippen LogP) is 4.13. The second kappa shape index (κ2) is 6.69. The Morgan fingerprint density at radius 1 is 1.15 bits per heavy atom. The molecule has 20 heavy (non-hydrogen) atoms. The Kier molecular flexibility index (Phi) is 4.70. The van der Waals surface area contributed by atoms with Crippen molar-refractivity contribution < 1.29 is 4.79 Å². The molecule has 0 amide bonds. The molecule has 0 unspecified atom stereocenters. The third kappa shape index (κ3) is 3.56. The first-order valence-corrected chi connectivity index (χ1v) is 6.72. The van der Waals surface area contributed by atoms with Gasteiger partial charge in [0.25, 0.3) is 0 Å². The average Bonchev–Trinajstić information content (AvgIpc) is 2.48. The molecular formula is C16H11BrN2O. The molecule has 2 rings (SSSR count). The molecule has 0 heterocycles. The zero-order valence-corrected chi connectivity index (χ0v) is 12.1. The van der Waals surface area contributed by atoms with Crippen molar-refractivity contribution in [3.05, 3.63) is 76.4 Å². The smallest absolute Gasteiger partial charge is 0.187 e. The van der Waals surface area contributed by atoms with Gasteiger partial charge in [-0.15, -0.1) is 0 Å². The molecule has 1 N–H and O–H groups in total. The van der Waals surface area contributed by atoms with Gasteiger partial charge in [0.15, 0.2) is 5.78 Å². The fraction of sp³-hybridized carbons (Fsp3) is 0. The minimum Gasteiger partial charge on any atom is -0.360 e. The van der Waals surface area contributed by atoms with Crippen molar-refractivity contribution in [1.82, 2.24) is 0 Å². The Morgan fingerprint density at radius 2 is 1.85 bits per heavy atom. The number of nitriles is 1. The predicted molar refractivity (Wildman–Crippen MR) is 82.4 cm³/mol. The summed E-state index contributed by atoms with van der Waals surface area (Å²) >= 11 is 3.32. The molecule has 0 aliphatic carbocycles. The Hall–Kier alpha value is -2.38. The number of carbonyl (C=O) groups excluding carboxylic acids is 1. The van der Waals surface area contributed by atoms with Crippen LogP contribution in [0, 0.1) is 11.3 Å². The zero-order valence-electron chi connectivity index (χ0n) is 10.5. The van der Waals surface area contributed by atoms with E-state index in [1.54, 1.807) is 36.5 Å². The lowest BCUT2D eigenvalue weighted by molar-refractivity contribution is 0.104. The van der Waals surface area contributed by atoms with E-state index in [0.29, 0.717) is 16.8 Å². The van der Waals surface area contributed by atoms with Crippen LogP contribution in [-0.2, 0) is 0 Å². The largest absolute Gasteiger partial charge is 0.360 e. The third-order valence-corrected chi connectivity index (χ3v) is 3.18. The zero-order chi connectivity index (χ0) is 14.4. The summed E-state index contributed by atoms with van der Waals surface area (Å²) < 4.78 is 0.930. The second-order valence-corrected chi connectivity index (χ2v) is 4.92. The molecule has 0 aromatic heterocycles. The number of hydrogen-bond acceptors (Lipinski definition) is 3. The number of nitrogens with zero attached hydrogens (tertiary/aromatic N) is 1. The molecule has 0 fully saturated rings. The minimum atomic E-state index is -0.0977. The number of para-hydroxylation sites is 1. The standard InChI is InChI=1S/C16H11BrN2O/c17-14-7-5-12(6-8-14)16(20)9-10-19-15-4-2-1-3-13(15)11-18/h1-10,19H. The van der Waals surface area contributed by atoms with Crippen molar-refractivity contribution in [2.75, 3.05) is 5.32 Å². The van der Waals surface area contributed by atoms with Crippen LogP contribution >= 0.6 is 15.9 Å². The molecule has 0 spiro atoms. The van der Waals surface area contributed by atoms with Gasteiger partial charge in [-0.3, -0.25) is 4.79 Å². The van der Waals surface area contributed by atoms with Gasteiger partial charge >= 0.3 is 0 Å². The molecule has 0 radical (unpaired) electrons. The number of benzene rings is 2. The van der Waals surface area contributed by atoms with Crippen LogP contribution in [0.1, 0.15) is 15.9 Å². The fourth-order valence-electron chi connectivity index (χ4n) is 1.62. The minimum absolute atomic E-state index is 0.0977. The molecular weight excluding hydrogens is 316 g/mol. The summed E-state index contributed by atoms with van der Waals surface area (Å²) in [4.78, 5) is 11.9. The van der Waals surface area contributed by atoms with Crippen LogP contribution in [-0.4, -0.2) is 5.78 Å². The lowest BCUT2D eigenvalue weighted by atomic mass is 10.1. The number of hydrogen-bond donors (Lipinski definition) is 1. The molecule has 0 bridgehead atoms. The molecule has 0 saturated heterocycles. The van der Waals surface area contributed by atoms with Crippen LogP contribution in [0.15, 0.2) is 65.3 Å². The van der Waals surface area contributed by atoms with Gasteiger partial charge in [-0.05, 0) is 36.4 Å². The van der Waals surface area contributed by atoms with Gasteiger partial charge in [0.1, 0.15) is 6.07 Å². The summed E-state index contributed by atoms with van der Waals surface area (Å²) in [5.41, 5.74) is 1.82. The molecule has 0 saturated carbocycles. The second-order valence-electron chi connectivity index (χ2n) is 4.01. The van der Waals surface area contributed by atoms with Crippen molar-refractivity contribution in [2.45, 2.75) is 0 Å². The molecule has 98 valence electrons. The normalized spacial score (nSPS) is 10.2. The maximum Gasteiger partial charge on any atom is 0.187 e. The maximum atomic E-state index is 11.9. The van der Waals surface area contributed by atoms with E-state index in [9.17, 15) is 4.79 Å². The molecule has 3 nitrogen and oxygen atoms in total. The first-order chi connectivity index (χ1) is 9.70. The van der Waals surface area contributed by atoms with Gasteiger partial charge in [0.05, 0.1) is 11.3 Å². The molecule has 0 atom stereocenters. The SMILES string of the molecule is N#Cc1ccccc1NC=CC(=O)c1ccc(Br)cc1. The highest BCUT2D eigenvalue weighted by Crippen LogP contribution is 2.14. The number of rotatable bonds is 4. The number of anilines is 1. The number of halogens is 1. The van der Waals surface area contributed by atoms with Gasteiger partial charge in [0, 0.05) is 22.3 Å². The molecule has 2 aromatic carbocycles. The summed E-state index contributed by atoms with van der Waals surface area (Å²) in [6, 6.07) is 16.3. The van der Waals surface area contributed by atoms with E-state index in [1.165, 1.54) is 6.08 Å². The van der Waals surface area contributed by atoms with Crippen molar-refractivity contribution in [3.63, 3.8) is 0 Å². The number of ketones is 1. The van der Waals surface area contributed by atoms with Crippen LogP contribution in [0.2, 0.25) is 0 Å². The van der Waals surface area contributed by atoms with Crippen LogP contribution in [0.3, 0.4) is 0 Å². The van der Waals surface area contributed by atoms with Crippen LogP contribution in [0.25, 0.3) is 0 Å². The molecule has 4 heteroatoms. The number of allylic oxidation sites excluding steroid dienone is 1. The lowest BCUT2D eigenvalue weighted by Crippen LogP contribution is -1.97. The van der Waals surface area contributed by atoms with E-state index in [0.717, 1.165) is 4.47 Å². The Labute approximate surface area is 125 Å². The van der Waals surface area contributed by atoms with Crippen LogP contribution < -0.4 is 5.32 Å². The van der Waals surface area contributed by atoms with E-state index >= 15 is 0 Å². The van der Waals surface area contributed by atoms with E-state index in [-0.39, 0.29) is 5.78 Å². The maximum absolute atomic E-state index is 11.9. The number of nitrogens with one attached hydrogen (secondary N) is 1. The van der Waals surface area contributed by atoms with Gasteiger partial charge in [-0.25, -0.2) is 0 Å². The lowest BCUT2D eigenvalue weighted by Gasteiger charge is -2.02. The summed E-state index contributed by atoms with van der Waals surface area (Å²) in [5, 5.41) is 11.9. The Bertz CT molecular complexity index is 684. The van der Waals surface area contributed by atoms with Gasteiger partial charge in [-0.2, -0.15) is 5.26 Å². The third-order valence-electron chi connectivity index (χ3n) is 2.65. The first kappa shape index (κ1) is 14.0. The van der Waals surface area contributed by atoms with Gasteiger partial charge in [-0.1, -0.05) is 28.1 Å².